The molecule has 0 bridgehead atoms. The van der Waals surface area contributed by atoms with Gasteiger partial charge in [0.1, 0.15) is 0 Å². The average molecular weight is 371 g/mol. The zero-order valence-corrected chi connectivity index (χ0v) is 18.3. The molecule has 0 aromatic rings. The van der Waals surface area contributed by atoms with Crippen LogP contribution in [0.3, 0.4) is 0 Å². The van der Waals surface area contributed by atoms with Crippen LogP contribution in [0.15, 0.2) is 11.6 Å². The fourth-order valence-electron chi connectivity index (χ4n) is 7.09. The Kier molecular flexibility index (Phi) is 6.47. The van der Waals surface area contributed by atoms with Crippen molar-refractivity contribution in [3.05, 3.63) is 11.6 Å². The molecule has 1 heteroatoms. The summed E-state index contributed by atoms with van der Waals surface area (Å²) in [5.41, 5.74) is 2.32. The molecule has 0 aliphatic heterocycles. The third-order valence-electron chi connectivity index (χ3n) is 8.87. The van der Waals surface area contributed by atoms with E-state index in [1.165, 1.54) is 50.5 Å². The predicted octanol–water partition coefficient (Wildman–Crippen LogP) is 6.76. The Labute approximate surface area is 168 Å². The summed E-state index contributed by atoms with van der Waals surface area (Å²) in [6, 6.07) is 0. The normalized spacial score (nSPS) is 41.1. The van der Waals surface area contributed by atoms with Crippen LogP contribution in [-0.4, -0.2) is 11.2 Å². The van der Waals surface area contributed by atoms with Gasteiger partial charge in [-0.25, -0.2) is 0 Å². The summed E-state index contributed by atoms with van der Waals surface area (Å²) in [5.74, 6) is 6.21. The second-order valence-electron chi connectivity index (χ2n) is 10.9. The standard InChI is InChI=1S/C26H42O/c1-6-7-9-19(2)23-13-14-24-20(10-8-16-26(23,24)5)11-12-21-18-22(27)15-17-25(21,3)4/h1,12,19-20,22-24,27H,7-11,13-18H2,2-5H3/b21-12-/t19-,20+,22+,23-,24+,26-/m1/s1. The van der Waals surface area contributed by atoms with Crippen molar-refractivity contribution in [3.8, 4) is 12.3 Å². The van der Waals surface area contributed by atoms with Crippen LogP contribution < -0.4 is 0 Å². The van der Waals surface area contributed by atoms with Gasteiger partial charge in [-0.1, -0.05) is 45.8 Å². The lowest BCUT2D eigenvalue weighted by molar-refractivity contribution is 0.0299. The first kappa shape index (κ1) is 21.0. The molecule has 1 N–H and O–H groups in total. The maximum absolute atomic E-state index is 10.2. The maximum Gasteiger partial charge on any atom is 0.0577 e. The van der Waals surface area contributed by atoms with E-state index in [9.17, 15) is 5.11 Å². The highest BCUT2D eigenvalue weighted by Gasteiger charge is 2.51. The number of rotatable bonds is 5. The first-order valence-electron chi connectivity index (χ1n) is 11.6. The summed E-state index contributed by atoms with van der Waals surface area (Å²) < 4.78 is 0. The first-order valence-corrected chi connectivity index (χ1v) is 11.6. The summed E-state index contributed by atoms with van der Waals surface area (Å²) in [6.45, 7) is 9.80. The van der Waals surface area contributed by atoms with Crippen LogP contribution in [0.4, 0.5) is 0 Å². The second-order valence-corrected chi connectivity index (χ2v) is 10.9. The predicted molar refractivity (Wildman–Crippen MR) is 115 cm³/mol. The summed E-state index contributed by atoms with van der Waals surface area (Å²) in [5, 5.41) is 10.2. The van der Waals surface area contributed by atoms with Crippen molar-refractivity contribution in [1.82, 2.24) is 0 Å². The Morgan fingerprint density at radius 1 is 1.19 bits per heavy atom. The van der Waals surface area contributed by atoms with E-state index in [0.717, 1.165) is 49.4 Å². The van der Waals surface area contributed by atoms with Gasteiger partial charge in [-0.2, -0.15) is 0 Å². The van der Waals surface area contributed by atoms with Gasteiger partial charge in [-0.15, -0.1) is 12.3 Å². The van der Waals surface area contributed by atoms with Crippen molar-refractivity contribution in [2.75, 3.05) is 0 Å². The number of hydrogen-bond donors (Lipinski definition) is 1. The van der Waals surface area contributed by atoms with Crippen LogP contribution in [0.1, 0.15) is 98.3 Å². The van der Waals surface area contributed by atoms with Crippen LogP contribution in [0.5, 0.6) is 0 Å². The van der Waals surface area contributed by atoms with Crippen molar-refractivity contribution in [3.63, 3.8) is 0 Å². The number of hydrogen-bond acceptors (Lipinski definition) is 1. The van der Waals surface area contributed by atoms with Crippen molar-refractivity contribution >= 4 is 0 Å². The highest BCUT2D eigenvalue weighted by molar-refractivity contribution is 5.17. The minimum absolute atomic E-state index is 0.117. The number of fused-ring (bicyclic) bond motifs is 1. The average Bonchev–Trinajstić information content (AvgIpc) is 2.98. The lowest BCUT2D eigenvalue weighted by Crippen LogP contribution is -2.39. The lowest BCUT2D eigenvalue weighted by Gasteiger charge is -2.47. The largest absolute Gasteiger partial charge is 0.393 e. The van der Waals surface area contributed by atoms with Gasteiger partial charge in [0.15, 0.2) is 0 Å². The third-order valence-corrected chi connectivity index (χ3v) is 8.87. The Morgan fingerprint density at radius 3 is 2.70 bits per heavy atom. The number of aliphatic hydroxyl groups is 1. The first-order chi connectivity index (χ1) is 12.8. The van der Waals surface area contributed by atoms with Gasteiger partial charge < -0.3 is 5.11 Å². The quantitative estimate of drug-likeness (QED) is 0.419. The minimum atomic E-state index is -0.117. The molecule has 152 valence electrons. The van der Waals surface area contributed by atoms with E-state index in [4.69, 9.17) is 6.42 Å². The molecule has 1 nitrogen and oxygen atoms in total. The summed E-state index contributed by atoms with van der Waals surface area (Å²) in [6.07, 6.45) is 21.4. The van der Waals surface area contributed by atoms with Gasteiger partial charge in [0.25, 0.3) is 0 Å². The molecular formula is C26H42O. The Hall–Kier alpha value is -0.740. The SMILES string of the molecule is C#CCC[C@@H](C)[C@H]1CC[C@H]2[C@H](C/C=C3/C[C@@H](O)CCC3(C)C)CCC[C@]12C. The molecule has 0 unspecified atom stereocenters. The molecule has 3 aliphatic rings. The number of terminal acetylenes is 1. The zero-order chi connectivity index (χ0) is 19.7. The molecule has 0 aromatic carbocycles. The molecule has 0 saturated heterocycles. The summed E-state index contributed by atoms with van der Waals surface area (Å²) in [4.78, 5) is 0. The van der Waals surface area contributed by atoms with E-state index in [0.29, 0.717) is 5.41 Å². The lowest BCUT2D eigenvalue weighted by atomic mass is 9.58. The van der Waals surface area contributed by atoms with Gasteiger partial charge >= 0.3 is 0 Å². The van der Waals surface area contributed by atoms with E-state index in [2.05, 4.69) is 39.7 Å². The number of aliphatic hydroxyl groups excluding tert-OH is 1. The van der Waals surface area contributed by atoms with E-state index in [1.54, 1.807) is 0 Å². The molecular weight excluding hydrogens is 328 g/mol. The van der Waals surface area contributed by atoms with Gasteiger partial charge in [-0.05, 0) is 92.3 Å². The van der Waals surface area contributed by atoms with E-state index >= 15 is 0 Å². The maximum atomic E-state index is 10.2. The molecule has 0 heterocycles. The second kappa shape index (κ2) is 8.32. The Bertz CT molecular complexity index is 580. The van der Waals surface area contributed by atoms with Gasteiger partial charge in [0.05, 0.1) is 6.10 Å². The van der Waals surface area contributed by atoms with Crippen molar-refractivity contribution < 1.29 is 5.11 Å². The molecule has 0 spiro atoms. The molecule has 27 heavy (non-hydrogen) atoms. The zero-order valence-electron chi connectivity index (χ0n) is 18.3. The van der Waals surface area contributed by atoms with Crippen molar-refractivity contribution in [2.45, 2.75) is 104 Å². The number of allylic oxidation sites excluding steroid dienone is 1. The minimum Gasteiger partial charge on any atom is -0.393 e. The van der Waals surface area contributed by atoms with Crippen LogP contribution in [-0.2, 0) is 0 Å². The highest BCUT2D eigenvalue weighted by atomic mass is 16.3. The fraction of sp³-hybridized carbons (Fsp3) is 0.846. The molecule has 3 fully saturated rings. The van der Waals surface area contributed by atoms with Gasteiger partial charge in [-0.3, -0.25) is 0 Å². The van der Waals surface area contributed by atoms with E-state index in [-0.39, 0.29) is 11.5 Å². The molecule has 0 radical (unpaired) electrons. The van der Waals surface area contributed by atoms with Crippen molar-refractivity contribution in [1.29, 1.82) is 0 Å². The van der Waals surface area contributed by atoms with Crippen LogP contribution in [0.25, 0.3) is 0 Å². The Balaban J connectivity index is 1.70. The summed E-state index contributed by atoms with van der Waals surface area (Å²) >= 11 is 0. The molecule has 3 aliphatic carbocycles. The van der Waals surface area contributed by atoms with E-state index in [1.807, 2.05) is 0 Å². The third kappa shape index (κ3) is 4.32. The van der Waals surface area contributed by atoms with Crippen molar-refractivity contribution in [2.24, 2.45) is 34.5 Å². The highest BCUT2D eigenvalue weighted by Crippen LogP contribution is 2.60. The fourth-order valence-corrected chi connectivity index (χ4v) is 7.09. The van der Waals surface area contributed by atoms with Crippen LogP contribution in [0.2, 0.25) is 0 Å². The molecule has 3 rings (SSSR count). The van der Waals surface area contributed by atoms with Crippen LogP contribution >= 0.6 is 0 Å². The molecule has 6 atom stereocenters. The topological polar surface area (TPSA) is 20.2 Å². The smallest absolute Gasteiger partial charge is 0.0577 e. The monoisotopic (exact) mass is 370 g/mol. The van der Waals surface area contributed by atoms with Gasteiger partial charge in [0, 0.05) is 6.42 Å². The van der Waals surface area contributed by atoms with Gasteiger partial charge in [0.2, 0.25) is 0 Å². The summed E-state index contributed by atoms with van der Waals surface area (Å²) in [7, 11) is 0. The Morgan fingerprint density at radius 2 is 1.96 bits per heavy atom. The van der Waals surface area contributed by atoms with E-state index < -0.39 is 0 Å². The molecule has 0 aromatic heterocycles. The molecule has 0 amide bonds. The van der Waals surface area contributed by atoms with Crippen LogP contribution in [0, 0.1) is 46.8 Å². The molecule has 3 saturated carbocycles.